The third-order valence-corrected chi connectivity index (χ3v) is 0.612. The van der Waals surface area contributed by atoms with Crippen LogP contribution in [0.15, 0.2) is 0 Å². The Morgan fingerprint density at radius 1 is 2.00 bits per heavy atom. The van der Waals surface area contributed by atoms with E-state index in [1.165, 1.54) is 0 Å². The standard InChI is InChI=1S/C2H7OSi/c1-3-4-2/h2,4H2,1H3. The third kappa shape index (κ3) is 2.18. The van der Waals surface area contributed by atoms with Crippen molar-refractivity contribution in [2.75, 3.05) is 7.11 Å². The van der Waals surface area contributed by atoms with Gasteiger partial charge in [0.15, 0.2) is 9.76 Å². The molecule has 1 nitrogen and oxygen atoms in total. The number of hydrogen-bond acceptors (Lipinski definition) is 1. The molecule has 0 rings (SSSR count). The van der Waals surface area contributed by atoms with Gasteiger partial charge in [0.05, 0.1) is 0 Å². The highest BCUT2D eigenvalue weighted by molar-refractivity contribution is 6.29. The Kier molecular flexibility index (Phi) is 3.32. The lowest BCUT2D eigenvalue weighted by atomic mass is 11.8. The topological polar surface area (TPSA) is 9.23 Å². The van der Waals surface area contributed by atoms with E-state index in [0.717, 1.165) is 0 Å². The normalized spacial score (nSPS) is 10.5. The van der Waals surface area contributed by atoms with Gasteiger partial charge in [-0.15, -0.1) is 0 Å². The SMILES string of the molecule is [CH2][SiH2]OC. The summed E-state index contributed by atoms with van der Waals surface area (Å²) < 4.78 is 4.57. The van der Waals surface area contributed by atoms with Crippen LogP contribution in [0.3, 0.4) is 0 Å². The van der Waals surface area contributed by atoms with Gasteiger partial charge >= 0.3 is 0 Å². The van der Waals surface area contributed by atoms with Crippen LogP contribution in [0, 0.1) is 6.55 Å². The Bertz CT molecular complexity index is 8.00. The predicted molar refractivity (Wildman–Crippen MR) is 20.9 cm³/mol. The van der Waals surface area contributed by atoms with Crippen LogP contribution in [-0.4, -0.2) is 16.9 Å². The fraction of sp³-hybridized carbons (Fsp3) is 0.500. The van der Waals surface area contributed by atoms with Crippen LogP contribution in [0.25, 0.3) is 0 Å². The van der Waals surface area contributed by atoms with Crippen molar-refractivity contribution in [3.8, 4) is 0 Å². The number of rotatable bonds is 1. The zero-order valence-corrected chi connectivity index (χ0v) is 4.24. The van der Waals surface area contributed by atoms with Gasteiger partial charge in [0, 0.05) is 7.11 Å². The first kappa shape index (κ1) is 4.18. The second kappa shape index (κ2) is 3.18. The van der Waals surface area contributed by atoms with Crippen molar-refractivity contribution in [1.29, 1.82) is 0 Å². The van der Waals surface area contributed by atoms with E-state index in [1.807, 2.05) is 0 Å². The molecule has 0 aromatic carbocycles. The molecule has 0 N–H and O–H groups in total. The summed E-state index contributed by atoms with van der Waals surface area (Å²) in [5.41, 5.74) is 0. The third-order valence-electron chi connectivity index (χ3n) is 0.204. The van der Waals surface area contributed by atoms with E-state index in [9.17, 15) is 0 Å². The Balaban J connectivity index is 1.97. The summed E-state index contributed by atoms with van der Waals surface area (Å²) in [6, 6.07) is 0. The summed E-state index contributed by atoms with van der Waals surface area (Å²) in [5, 5.41) is 0. The summed E-state index contributed by atoms with van der Waals surface area (Å²) >= 11 is 0. The first-order chi connectivity index (χ1) is 1.91. The van der Waals surface area contributed by atoms with E-state index in [1.54, 1.807) is 7.11 Å². The van der Waals surface area contributed by atoms with E-state index in [2.05, 4.69) is 11.0 Å². The second-order valence-electron chi connectivity index (χ2n) is 0.493. The van der Waals surface area contributed by atoms with Crippen LogP contribution in [0.2, 0.25) is 0 Å². The van der Waals surface area contributed by atoms with Gasteiger partial charge in [-0.1, -0.05) is 0 Å². The highest BCUT2D eigenvalue weighted by Gasteiger charge is 1.55. The first-order valence-electron chi connectivity index (χ1n) is 1.20. The van der Waals surface area contributed by atoms with Gasteiger partial charge < -0.3 is 4.43 Å². The molecule has 0 atom stereocenters. The quantitative estimate of drug-likeness (QED) is 0.382. The Hall–Kier alpha value is 0.177. The molecule has 0 amide bonds. The van der Waals surface area contributed by atoms with E-state index in [0.29, 0.717) is 0 Å². The van der Waals surface area contributed by atoms with Crippen LogP contribution >= 0.6 is 0 Å². The Morgan fingerprint density at radius 2 is 2.25 bits per heavy atom. The lowest BCUT2D eigenvalue weighted by Gasteiger charge is -1.75. The van der Waals surface area contributed by atoms with Gasteiger partial charge in [0.2, 0.25) is 0 Å². The fourth-order valence-electron chi connectivity index (χ4n) is 0. The highest BCUT2D eigenvalue weighted by Crippen LogP contribution is 1.45. The van der Waals surface area contributed by atoms with Gasteiger partial charge in [0.25, 0.3) is 0 Å². The smallest absolute Gasteiger partial charge is 0.160 e. The molecule has 0 saturated heterocycles. The molecule has 0 bridgehead atoms. The molecule has 0 aliphatic rings. The van der Waals surface area contributed by atoms with Crippen molar-refractivity contribution in [3.63, 3.8) is 0 Å². The molecule has 25 valence electrons. The lowest BCUT2D eigenvalue weighted by Crippen LogP contribution is -1.81. The van der Waals surface area contributed by atoms with Crippen LogP contribution in [0.5, 0.6) is 0 Å². The van der Waals surface area contributed by atoms with Gasteiger partial charge in [-0.05, 0) is 6.55 Å². The maximum Gasteiger partial charge on any atom is 0.160 e. The largest absolute Gasteiger partial charge is 0.427 e. The van der Waals surface area contributed by atoms with E-state index in [4.69, 9.17) is 0 Å². The average Bonchev–Trinajstić information content (AvgIpc) is 1.37. The van der Waals surface area contributed by atoms with E-state index >= 15 is 0 Å². The van der Waals surface area contributed by atoms with Crippen LogP contribution in [0.4, 0.5) is 0 Å². The summed E-state index contributed by atoms with van der Waals surface area (Å²) in [7, 11) is 1.35. The number of hydrogen-bond donors (Lipinski definition) is 0. The lowest BCUT2D eigenvalue weighted by molar-refractivity contribution is 0.449. The first-order valence-corrected chi connectivity index (χ1v) is 2.77. The predicted octanol–water partition coefficient (Wildman–Crippen LogP) is -0.492. The Labute approximate surface area is 28.9 Å². The summed E-state index contributed by atoms with van der Waals surface area (Å²) in [5.74, 6) is 0. The van der Waals surface area contributed by atoms with Crippen molar-refractivity contribution < 1.29 is 4.43 Å². The van der Waals surface area contributed by atoms with Crippen LogP contribution < -0.4 is 0 Å². The Morgan fingerprint density at radius 3 is 2.25 bits per heavy atom. The molecule has 0 aromatic heterocycles. The zero-order chi connectivity index (χ0) is 3.41. The van der Waals surface area contributed by atoms with Crippen molar-refractivity contribution >= 4 is 9.76 Å². The van der Waals surface area contributed by atoms with E-state index < -0.39 is 0 Å². The maximum atomic E-state index is 4.57. The van der Waals surface area contributed by atoms with Crippen molar-refractivity contribution in [2.45, 2.75) is 0 Å². The molecule has 1 radical (unpaired) electrons. The second-order valence-corrected chi connectivity index (χ2v) is 1.48. The minimum absolute atomic E-state index is 0.326. The molecule has 0 saturated carbocycles. The molecule has 0 spiro atoms. The molecular weight excluding hydrogens is 68.1 g/mol. The van der Waals surface area contributed by atoms with Crippen molar-refractivity contribution in [1.82, 2.24) is 0 Å². The fourth-order valence-corrected chi connectivity index (χ4v) is 0. The van der Waals surface area contributed by atoms with Crippen LogP contribution in [-0.2, 0) is 4.43 Å². The van der Waals surface area contributed by atoms with Crippen molar-refractivity contribution in [2.24, 2.45) is 0 Å². The van der Waals surface area contributed by atoms with Gasteiger partial charge in [0.1, 0.15) is 0 Å². The van der Waals surface area contributed by atoms with Crippen LogP contribution in [0.1, 0.15) is 0 Å². The summed E-state index contributed by atoms with van der Waals surface area (Å²) in [6.45, 7) is 3.52. The van der Waals surface area contributed by atoms with Gasteiger partial charge in [-0.25, -0.2) is 0 Å². The summed E-state index contributed by atoms with van der Waals surface area (Å²) in [6.07, 6.45) is 0. The monoisotopic (exact) mass is 75.0 g/mol. The zero-order valence-electron chi connectivity index (χ0n) is 2.82. The molecule has 0 aromatic rings. The molecule has 0 heterocycles. The van der Waals surface area contributed by atoms with Gasteiger partial charge in [-0.3, -0.25) is 0 Å². The minimum Gasteiger partial charge on any atom is -0.427 e. The molecule has 2 heteroatoms. The molecule has 0 fully saturated rings. The average molecular weight is 75.2 g/mol. The van der Waals surface area contributed by atoms with E-state index in [-0.39, 0.29) is 9.76 Å². The highest BCUT2D eigenvalue weighted by atomic mass is 28.2. The molecule has 0 unspecified atom stereocenters. The molecular formula is C2H7OSi. The van der Waals surface area contributed by atoms with Crippen molar-refractivity contribution in [3.05, 3.63) is 6.55 Å². The molecule has 4 heavy (non-hydrogen) atoms. The molecule has 0 aliphatic heterocycles. The summed E-state index contributed by atoms with van der Waals surface area (Å²) in [4.78, 5) is 0. The maximum absolute atomic E-state index is 4.57. The minimum atomic E-state index is -0.326. The van der Waals surface area contributed by atoms with Gasteiger partial charge in [-0.2, -0.15) is 0 Å². The molecule has 0 aliphatic carbocycles.